The van der Waals surface area contributed by atoms with Gasteiger partial charge in [-0.1, -0.05) is 30.7 Å². The molecule has 66 valence electrons. The van der Waals surface area contributed by atoms with Crippen LogP contribution < -0.4 is 0 Å². The van der Waals surface area contributed by atoms with Crippen molar-refractivity contribution in [2.24, 2.45) is 0 Å². The number of alkyl halides is 2. The lowest BCUT2D eigenvalue weighted by Gasteiger charge is -2.13. The van der Waals surface area contributed by atoms with Gasteiger partial charge < -0.3 is 0 Å². The van der Waals surface area contributed by atoms with Gasteiger partial charge in [-0.15, -0.1) is 0 Å². The fourth-order valence-corrected chi connectivity index (χ4v) is 1.11. The van der Waals surface area contributed by atoms with Crippen molar-refractivity contribution >= 4 is 11.6 Å². The average Bonchev–Trinajstić information content (AvgIpc) is 2.05. The fourth-order valence-electron chi connectivity index (χ4n) is 0.920. The molecular weight excluding hydrogens is 182 g/mol. The second kappa shape index (κ2) is 3.40. The maximum atomic E-state index is 13.0. The quantitative estimate of drug-likeness (QED) is 0.665. The number of rotatable bonds is 2. The Hall–Kier alpha value is -0.630. The summed E-state index contributed by atoms with van der Waals surface area (Å²) in [4.78, 5) is 0. The predicted octanol–water partition coefficient (Wildman–Crippen LogP) is 3.84. The van der Waals surface area contributed by atoms with Crippen LogP contribution in [0.3, 0.4) is 0 Å². The van der Waals surface area contributed by atoms with E-state index in [9.17, 15) is 8.78 Å². The Kier molecular flexibility index (Phi) is 2.68. The molecule has 3 heteroatoms. The van der Waals surface area contributed by atoms with Crippen LogP contribution in [0.25, 0.3) is 0 Å². The first-order chi connectivity index (χ1) is 5.56. The molecule has 1 aromatic carbocycles. The highest BCUT2D eigenvalue weighted by molar-refractivity contribution is 6.30. The Balaban J connectivity index is 3.03. The molecule has 0 fully saturated rings. The van der Waals surface area contributed by atoms with Crippen molar-refractivity contribution in [3.05, 3.63) is 34.9 Å². The van der Waals surface area contributed by atoms with Crippen molar-refractivity contribution in [3.63, 3.8) is 0 Å². The second-order valence-corrected chi connectivity index (χ2v) is 3.00. The van der Waals surface area contributed by atoms with Gasteiger partial charge in [-0.2, -0.15) is 0 Å². The Bertz CT molecular complexity index is 271. The molecule has 1 rings (SSSR count). The van der Waals surface area contributed by atoms with E-state index in [4.69, 9.17) is 11.6 Å². The van der Waals surface area contributed by atoms with Crippen LogP contribution in [0.15, 0.2) is 24.3 Å². The summed E-state index contributed by atoms with van der Waals surface area (Å²) in [5, 5.41) is 0.348. The molecule has 0 nitrogen and oxygen atoms in total. The summed E-state index contributed by atoms with van der Waals surface area (Å²) in [5.74, 6) is -2.76. The molecule has 0 radical (unpaired) electrons. The van der Waals surface area contributed by atoms with Gasteiger partial charge in [0.25, 0.3) is 5.92 Å². The summed E-state index contributed by atoms with van der Waals surface area (Å²) in [6.45, 7) is 1.45. The third-order valence-electron chi connectivity index (χ3n) is 1.69. The number of hydrogen-bond donors (Lipinski definition) is 0. The van der Waals surface area contributed by atoms with Crippen LogP contribution in [0.4, 0.5) is 8.78 Å². The number of benzene rings is 1. The molecule has 0 amide bonds. The SMILES string of the molecule is CCC(F)(F)c1cccc(Cl)c1. The maximum absolute atomic E-state index is 13.0. The molecule has 0 saturated heterocycles. The summed E-state index contributed by atoms with van der Waals surface area (Å²) in [5.41, 5.74) is -0.0162. The van der Waals surface area contributed by atoms with Crippen molar-refractivity contribution in [2.45, 2.75) is 19.3 Å². The molecule has 0 heterocycles. The molecule has 0 unspecified atom stereocenters. The van der Waals surface area contributed by atoms with Gasteiger partial charge in [0.15, 0.2) is 0 Å². The maximum Gasteiger partial charge on any atom is 0.273 e. The van der Waals surface area contributed by atoms with Crippen LogP contribution in [0.5, 0.6) is 0 Å². The van der Waals surface area contributed by atoms with Crippen molar-refractivity contribution in [3.8, 4) is 0 Å². The van der Waals surface area contributed by atoms with Crippen LogP contribution >= 0.6 is 11.6 Å². The zero-order chi connectivity index (χ0) is 9.19. The van der Waals surface area contributed by atoms with Crippen LogP contribution in [0, 0.1) is 0 Å². The third-order valence-corrected chi connectivity index (χ3v) is 1.93. The number of halogens is 3. The van der Waals surface area contributed by atoms with Crippen LogP contribution in [-0.2, 0) is 5.92 Å². The first kappa shape index (κ1) is 9.46. The molecule has 1 aromatic rings. The molecule has 0 saturated carbocycles. The van der Waals surface area contributed by atoms with Crippen molar-refractivity contribution in [2.75, 3.05) is 0 Å². The summed E-state index contributed by atoms with van der Waals surface area (Å²) >= 11 is 5.57. The van der Waals surface area contributed by atoms with E-state index < -0.39 is 5.92 Å². The first-order valence-corrected chi connectivity index (χ1v) is 4.08. The molecule has 0 N–H and O–H groups in total. The zero-order valence-electron chi connectivity index (χ0n) is 6.65. The Morgan fingerprint density at radius 3 is 2.58 bits per heavy atom. The molecule has 12 heavy (non-hydrogen) atoms. The summed E-state index contributed by atoms with van der Waals surface area (Å²) in [7, 11) is 0. The molecule has 0 aliphatic rings. The minimum Gasteiger partial charge on any atom is -0.201 e. The van der Waals surface area contributed by atoms with Crippen LogP contribution in [0.1, 0.15) is 18.9 Å². The lowest BCUT2D eigenvalue weighted by molar-refractivity contribution is -0.00827. The summed E-state index contributed by atoms with van der Waals surface area (Å²) in [6, 6.07) is 5.79. The van der Waals surface area contributed by atoms with E-state index >= 15 is 0 Å². The molecule has 0 spiro atoms. The Morgan fingerprint density at radius 1 is 1.42 bits per heavy atom. The standard InChI is InChI=1S/C9H9ClF2/c1-2-9(11,12)7-4-3-5-8(10)6-7/h3-6H,2H2,1H3. The van der Waals surface area contributed by atoms with E-state index in [1.54, 1.807) is 6.07 Å². The van der Waals surface area contributed by atoms with Crippen molar-refractivity contribution < 1.29 is 8.78 Å². The van der Waals surface area contributed by atoms with Gasteiger partial charge in [0.1, 0.15) is 0 Å². The van der Waals surface area contributed by atoms with Gasteiger partial charge in [0.2, 0.25) is 0 Å². The second-order valence-electron chi connectivity index (χ2n) is 2.57. The van der Waals surface area contributed by atoms with Crippen LogP contribution in [0.2, 0.25) is 5.02 Å². The van der Waals surface area contributed by atoms with Gasteiger partial charge in [0.05, 0.1) is 0 Å². The summed E-state index contributed by atoms with van der Waals surface area (Å²) in [6.07, 6.45) is -0.201. The van der Waals surface area contributed by atoms with Gasteiger partial charge in [0, 0.05) is 17.0 Å². The highest BCUT2D eigenvalue weighted by Gasteiger charge is 2.28. The lowest BCUT2D eigenvalue weighted by atomic mass is 10.1. The number of hydrogen-bond acceptors (Lipinski definition) is 0. The molecule has 0 aliphatic heterocycles. The minimum atomic E-state index is -2.76. The lowest BCUT2D eigenvalue weighted by Crippen LogP contribution is -2.10. The van der Waals surface area contributed by atoms with Crippen molar-refractivity contribution in [1.82, 2.24) is 0 Å². The van der Waals surface area contributed by atoms with Gasteiger partial charge in [-0.05, 0) is 12.1 Å². The van der Waals surface area contributed by atoms with E-state index in [1.807, 2.05) is 0 Å². The smallest absolute Gasteiger partial charge is 0.201 e. The van der Waals surface area contributed by atoms with E-state index in [2.05, 4.69) is 0 Å². The highest BCUT2D eigenvalue weighted by atomic mass is 35.5. The van der Waals surface area contributed by atoms with Crippen molar-refractivity contribution in [1.29, 1.82) is 0 Å². The van der Waals surface area contributed by atoms with Gasteiger partial charge in [-0.25, -0.2) is 8.78 Å². The topological polar surface area (TPSA) is 0 Å². The van der Waals surface area contributed by atoms with E-state index in [0.29, 0.717) is 5.02 Å². The fraction of sp³-hybridized carbons (Fsp3) is 0.333. The molecule has 0 atom stereocenters. The Morgan fingerprint density at radius 2 is 2.08 bits per heavy atom. The normalized spacial score (nSPS) is 11.7. The third kappa shape index (κ3) is 1.95. The summed E-state index contributed by atoms with van der Waals surface area (Å²) < 4.78 is 26.0. The molecule has 0 aromatic heterocycles. The van der Waals surface area contributed by atoms with Gasteiger partial charge in [-0.3, -0.25) is 0 Å². The molecular formula is C9H9ClF2. The largest absolute Gasteiger partial charge is 0.273 e. The van der Waals surface area contributed by atoms with E-state index in [0.717, 1.165) is 0 Å². The monoisotopic (exact) mass is 190 g/mol. The average molecular weight is 191 g/mol. The highest BCUT2D eigenvalue weighted by Crippen LogP contribution is 2.32. The van der Waals surface area contributed by atoms with Gasteiger partial charge >= 0.3 is 0 Å². The zero-order valence-corrected chi connectivity index (χ0v) is 7.41. The Labute approximate surface area is 75.2 Å². The van der Waals surface area contributed by atoms with Crippen LogP contribution in [-0.4, -0.2) is 0 Å². The first-order valence-electron chi connectivity index (χ1n) is 3.70. The predicted molar refractivity (Wildman–Crippen MR) is 45.6 cm³/mol. The van der Waals surface area contributed by atoms with E-state index in [1.165, 1.54) is 25.1 Å². The molecule has 0 bridgehead atoms. The minimum absolute atomic E-state index is 0.0162. The van der Waals surface area contributed by atoms with E-state index in [-0.39, 0.29) is 12.0 Å². The molecule has 0 aliphatic carbocycles.